The molecule has 0 N–H and O–H groups in total. The molecule has 5 heteroatoms. The van der Waals surface area contributed by atoms with Gasteiger partial charge in [0, 0.05) is 19.0 Å². The van der Waals surface area contributed by atoms with Crippen LogP contribution in [0.4, 0.5) is 0 Å². The van der Waals surface area contributed by atoms with Crippen LogP contribution < -0.4 is 0 Å². The number of nitrogens with zero attached hydrogens (tertiary/aromatic N) is 1. The Bertz CT molecular complexity index is 735. The minimum atomic E-state index is -3.42. The van der Waals surface area contributed by atoms with Crippen LogP contribution in [0.15, 0.2) is 45.9 Å². The van der Waals surface area contributed by atoms with Gasteiger partial charge in [-0.3, -0.25) is 0 Å². The minimum absolute atomic E-state index is 0.153. The quantitative estimate of drug-likeness (QED) is 0.875. The standard InChI is InChI=1S/C16H19NO3S/c1-12-5-6-13(2)16(10-12)21(18,19)17-8-7-14(11-17)15-4-3-9-20-15/h3-6,9-10,14H,7-8,11H2,1-2H3. The van der Waals surface area contributed by atoms with E-state index in [2.05, 4.69) is 0 Å². The van der Waals surface area contributed by atoms with Gasteiger partial charge in [0.25, 0.3) is 0 Å². The number of benzene rings is 1. The Morgan fingerprint density at radius 1 is 1.24 bits per heavy atom. The van der Waals surface area contributed by atoms with Gasteiger partial charge in [-0.05, 0) is 49.6 Å². The van der Waals surface area contributed by atoms with E-state index in [9.17, 15) is 8.42 Å². The third-order valence-electron chi connectivity index (χ3n) is 4.06. The van der Waals surface area contributed by atoms with Crippen molar-refractivity contribution in [1.82, 2.24) is 4.31 Å². The van der Waals surface area contributed by atoms with Crippen molar-refractivity contribution >= 4 is 10.0 Å². The van der Waals surface area contributed by atoms with Crippen LogP contribution in [-0.4, -0.2) is 25.8 Å². The van der Waals surface area contributed by atoms with Crippen LogP contribution in [0.25, 0.3) is 0 Å². The molecule has 0 saturated carbocycles. The molecule has 1 saturated heterocycles. The summed E-state index contributed by atoms with van der Waals surface area (Å²) < 4.78 is 32.6. The van der Waals surface area contributed by atoms with Crippen molar-refractivity contribution in [2.45, 2.75) is 31.1 Å². The average Bonchev–Trinajstić information content (AvgIpc) is 3.11. The lowest BCUT2D eigenvalue weighted by molar-refractivity contribution is 0.445. The van der Waals surface area contributed by atoms with Crippen LogP contribution in [0.2, 0.25) is 0 Å². The molecule has 1 aliphatic rings. The lowest BCUT2D eigenvalue weighted by Crippen LogP contribution is -2.29. The second-order valence-electron chi connectivity index (χ2n) is 5.63. The maximum absolute atomic E-state index is 12.8. The maximum atomic E-state index is 12.8. The molecule has 1 aromatic carbocycles. The van der Waals surface area contributed by atoms with Crippen molar-refractivity contribution in [3.05, 3.63) is 53.5 Å². The normalized spacial score (nSPS) is 20.0. The maximum Gasteiger partial charge on any atom is 0.243 e. The van der Waals surface area contributed by atoms with Crippen molar-refractivity contribution in [3.63, 3.8) is 0 Å². The highest BCUT2D eigenvalue weighted by molar-refractivity contribution is 7.89. The fraction of sp³-hybridized carbons (Fsp3) is 0.375. The van der Waals surface area contributed by atoms with Crippen LogP contribution in [0.5, 0.6) is 0 Å². The smallest absolute Gasteiger partial charge is 0.243 e. The molecule has 0 spiro atoms. The Morgan fingerprint density at radius 2 is 2.05 bits per heavy atom. The first-order valence-corrected chi connectivity index (χ1v) is 8.53. The lowest BCUT2D eigenvalue weighted by atomic mass is 10.1. The Kier molecular flexibility index (Phi) is 3.63. The lowest BCUT2D eigenvalue weighted by Gasteiger charge is -2.18. The van der Waals surface area contributed by atoms with E-state index in [0.717, 1.165) is 23.3 Å². The largest absolute Gasteiger partial charge is 0.469 e. The van der Waals surface area contributed by atoms with Crippen molar-refractivity contribution < 1.29 is 12.8 Å². The highest BCUT2D eigenvalue weighted by Gasteiger charge is 2.34. The summed E-state index contributed by atoms with van der Waals surface area (Å²) in [6.45, 7) is 4.78. The van der Waals surface area contributed by atoms with E-state index in [1.165, 1.54) is 0 Å². The average molecular weight is 305 g/mol. The number of aryl methyl sites for hydroxylation is 2. The van der Waals surface area contributed by atoms with Crippen LogP contribution in [0, 0.1) is 13.8 Å². The van der Waals surface area contributed by atoms with Crippen molar-refractivity contribution in [3.8, 4) is 0 Å². The summed E-state index contributed by atoms with van der Waals surface area (Å²) in [5, 5.41) is 0. The summed E-state index contributed by atoms with van der Waals surface area (Å²) in [4.78, 5) is 0.419. The molecule has 21 heavy (non-hydrogen) atoms. The number of sulfonamides is 1. The van der Waals surface area contributed by atoms with Gasteiger partial charge in [-0.1, -0.05) is 12.1 Å². The van der Waals surface area contributed by atoms with Crippen molar-refractivity contribution in [2.75, 3.05) is 13.1 Å². The van der Waals surface area contributed by atoms with Gasteiger partial charge in [-0.25, -0.2) is 8.42 Å². The third kappa shape index (κ3) is 2.63. The molecule has 0 amide bonds. The molecule has 0 bridgehead atoms. The van der Waals surface area contributed by atoms with Gasteiger partial charge in [0.2, 0.25) is 10.0 Å². The monoisotopic (exact) mass is 305 g/mol. The minimum Gasteiger partial charge on any atom is -0.469 e. The zero-order valence-electron chi connectivity index (χ0n) is 12.2. The van der Waals surface area contributed by atoms with E-state index >= 15 is 0 Å². The van der Waals surface area contributed by atoms with E-state index in [0.29, 0.717) is 18.0 Å². The van der Waals surface area contributed by atoms with Crippen LogP contribution in [0.1, 0.15) is 29.2 Å². The highest BCUT2D eigenvalue weighted by atomic mass is 32.2. The second-order valence-corrected chi connectivity index (χ2v) is 7.54. The molecule has 1 aromatic heterocycles. The molecular weight excluding hydrogens is 286 g/mol. The van der Waals surface area contributed by atoms with Crippen LogP contribution >= 0.6 is 0 Å². The summed E-state index contributed by atoms with van der Waals surface area (Å²) in [6, 6.07) is 9.31. The van der Waals surface area contributed by atoms with Crippen LogP contribution in [0.3, 0.4) is 0 Å². The SMILES string of the molecule is Cc1ccc(C)c(S(=O)(=O)N2CCC(c3ccco3)C2)c1. The van der Waals surface area contributed by atoms with E-state index < -0.39 is 10.0 Å². The molecule has 2 heterocycles. The van der Waals surface area contributed by atoms with E-state index in [1.807, 2.05) is 38.1 Å². The molecule has 1 unspecified atom stereocenters. The molecule has 3 rings (SSSR count). The Labute approximate surface area is 125 Å². The molecule has 4 nitrogen and oxygen atoms in total. The van der Waals surface area contributed by atoms with E-state index in [4.69, 9.17) is 4.42 Å². The molecule has 1 aliphatic heterocycles. The Balaban J connectivity index is 1.88. The predicted octanol–water partition coefficient (Wildman–Crippen LogP) is 3.07. The molecule has 1 fully saturated rings. The summed E-state index contributed by atoms with van der Waals surface area (Å²) in [5.41, 5.74) is 1.75. The van der Waals surface area contributed by atoms with Crippen molar-refractivity contribution in [1.29, 1.82) is 0 Å². The highest BCUT2D eigenvalue weighted by Crippen LogP contribution is 2.32. The number of hydrogen-bond acceptors (Lipinski definition) is 3. The molecule has 1 atom stereocenters. The summed E-state index contributed by atoms with van der Waals surface area (Å²) in [5.74, 6) is 1.02. The molecule has 0 aliphatic carbocycles. The number of hydrogen-bond donors (Lipinski definition) is 0. The van der Waals surface area contributed by atoms with Gasteiger partial charge < -0.3 is 4.42 Å². The Hall–Kier alpha value is -1.59. The number of rotatable bonds is 3. The van der Waals surface area contributed by atoms with Gasteiger partial charge >= 0.3 is 0 Å². The molecular formula is C16H19NO3S. The molecule has 112 valence electrons. The van der Waals surface area contributed by atoms with Gasteiger partial charge in [0.05, 0.1) is 11.2 Å². The Morgan fingerprint density at radius 3 is 2.76 bits per heavy atom. The first-order chi connectivity index (χ1) is 9.98. The third-order valence-corrected chi connectivity index (χ3v) is 6.07. The van der Waals surface area contributed by atoms with Gasteiger partial charge in [-0.15, -0.1) is 0 Å². The van der Waals surface area contributed by atoms with Crippen molar-refractivity contribution in [2.24, 2.45) is 0 Å². The topological polar surface area (TPSA) is 50.5 Å². The van der Waals surface area contributed by atoms with Crippen LogP contribution in [-0.2, 0) is 10.0 Å². The fourth-order valence-corrected chi connectivity index (χ4v) is 4.64. The predicted molar refractivity (Wildman–Crippen MR) is 80.7 cm³/mol. The van der Waals surface area contributed by atoms with E-state index in [-0.39, 0.29) is 5.92 Å². The number of furan rings is 1. The zero-order chi connectivity index (χ0) is 15.0. The van der Waals surface area contributed by atoms with Gasteiger partial charge in [0.15, 0.2) is 0 Å². The van der Waals surface area contributed by atoms with Gasteiger partial charge in [-0.2, -0.15) is 4.31 Å². The molecule has 2 aromatic rings. The first kappa shape index (κ1) is 14.4. The van der Waals surface area contributed by atoms with Gasteiger partial charge in [0.1, 0.15) is 5.76 Å². The fourth-order valence-electron chi connectivity index (χ4n) is 2.83. The summed E-state index contributed by atoms with van der Waals surface area (Å²) in [6.07, 6.45) is 2.44. The summed E-state index contributed by atoms with van der Waals surface area (Å²) >= 11 is 0. The second kappa shape index (κ2) is 5.31. The molecule has 0 radical (unpaired) electrons. The van der Waals surface area contributed by atoms with E-state index in [1.54, 1.807) is 16.6 Å². The first-order valence-electron chi connectivity index (χ1n) is 7.09. The zero-order valence-corrected chi connectivity index (χ0v) is 13.1. The summed E-state index contributed by atoms with van der Waals surface area (Å²) in [7, 11) is -3.42.